The van der Waals surface area contributed by atoms with Crippen molar-refractivity contribution in [3.05, 3.63) is 48.5 Å². The summed E-state index contributed by atoms with van der Waals surface area (Å²) in [6.45, 7) is 2.21. The number of unbranched alkanes of at least 4 members (excludes halogenated alkanes) is 2. The number of imidazole rings is 1. The van der Waals surface area contributed by atoms with Gasteiger partial charge in [-0.2, -0.15) is 0 Å². The Labute approximate surface area is 109 Å². The van der Waals surface area contributed by atoms with Crippen LogP contribution >= 0.6 is 0 Å². The van der Waals surface area contributed by atoms with Crippen molar-refractivity contribution >= 4 is 0 Å². The maximum atomic E-state index is 6.31. The average molecular weight is 243 g/mol. The van der Waals surface area contributed by atoms with E-state index in [2.05, 4.69) is 30.1 Å². The van der Waals surface area contributed by atoms with Crippen molar-refractivity contribution in [3.63, 3.8) is 0 Å². The molecular weight excluding hydrogens is 222 g/mol. The summed E-state index contributed by atoms with van der Waals surface area (Å²) in [6, 6.07) is 8.41. The van der Waals surface area contributed by atoms with E-state index >= 15 is 0 Å². The van der Waals surface area contributed by atoms with Crippen LogP contribution in [0.2, 0.25) is 0 Å². The van der Waals surface area contributed by atoms with Crippen molar-refractivity contribution in [2.45, 2.75) is 38.6 Å². The third kappa shape index (κ3) is 2.99. The summed E-state index contributed by atoms with van der Waals surface area (Å²) in [7, 11) is 0. The summed E-state index contributed by atoms with van der Waals surface area (Å²) < 4.78 is 2.02. The summed E-state index contributed by atoms with van der Waals surface area (Å²) in [5, 5.41) is 0. The molecule has 0 bridgehead atoms. The SMILES string of the molecule is CCCCCC(N)c1ccccc1-n1ccnc1. The van der Waals surface area contributed by atoms with Crippen LogP contribution in [0.3, 0.4) is 0 Å². The van der Waals surface area contributed by atoms with E-state index in [0.29, 0.717) is 0 Å². The summed E-state index contributed by atoms with van der Waals surface area (Å²) in [5.41, 5.74) is 8.65. The molecule has 0 fully saturated rings. The highest BCUT2D eigenvalue weighted by Gasteiger charge is 2.11. The second kappa shape index (κ2) is 6.36. The molecule has 0 aliphatic rings. The van der Waals surface area contributed by atoms with Crippen LogP contribution in [0.5, 0.6) is 0 Å². The molecule has 1 unspecified atom stereocenters. The number of hydrogen-bond donors (Lipinski definition) is 1. The summed E-state index contributed by atoms with van der Waals surface area (Å²) >= 11 is 0. The number of nitrogens with two attached hydrogens (primary N) is 1. The first kappa shape index (κ1) is 12.8. The molecule has 0 aliphatic carbocycles. The van der Waals surface area contributed by atoms with Gasteiger partial charge in [-0.25, -0.2) is 4.98 Å². The second-order valence-corrected chi connectivity index (χ2v) is 4.63. The fraction of sp³-hybridized carbons (Fsp3) is 0.400. The quantitative estimate of drug-likeness (QED) is 0.790. The molecule has 1 heterocycles. The molecular formula is C15H21N3. The van der Waals surface area contributed by atoms with Crippen molar-refractivity contribution in [2.24, 2.45) is 5.73 Å². The Bertz CT molecular complexity index is 462. The average Bonchev–Trinajstić information content (AvgIpc) is 2.93. The van der Waals surface area contributed by atoms with Gasteiger partial charge in [0.2, 0.25) is 0 Å². The molecule has 0 spiro atoms. The molecule has 1 aromatic carbocycles. The lowest BCUT2D eigenvalue weighted by molar-refractivity contribution is 0.579. The predicted octanol–water partition coefficient (Wildman–Crippen LogP) is 3.45. The zero-order valence-corrected chi connectivity index (χ0v) is 10.9. The van der Waals surface area contributed by atoms with E-state index in [4.69, 9.17) is 5.73 Å². The molecule has 2 aromatic rings. The molecule has 1 atom stereocenters. The van der Waals surface area contributed by atoms with Crippen LogP contribution in [0, 0.1) is 0 Å². The first-order chi connectivity index (χ1) is 8.83. The van der Waals surface area contributed by atoms with E-state index < -0.39 is 0 Å². The topological polar surface area (TPSA) is 43.8 Å². The zero-order valence-electron chi connectivity index (χ0n) is 10.9. The van der Waals surface area contributed by atoms with E-state index in [-0.39, 0.29) is 6.04 Å². The normalized spacial score (nSPS) is 12.6. The fourth-order valence-corrected chi connectivity index (χ4v) is 2.21. The zero-order chi connectivity index (χ0) is 12.8. The number of nitrogens with zero attached hydrogens (tertiary/aromatic N) is 2. The van der Waals surface area contributed by atoms with E-state index in [9.17, 15) is 0 Å². The van der Waals surface area contributed by atoms with Crippen LogP contribution in [-0.2, 0) is 0 Å². The molecule has 0 radical (unpaired) electrons. The molecule has 0 amide bonds. The van der Waals surface area contributed by atoms with E-state index in [1.165, 1.54) is 24.8 Å². The minimum absolute atomic E-state index is 0.107. The molecule has 2 rings (SSSR count). The van der Waals surface area contributed by atoms with Crippen molar-refractivity contribution in [1.82, 2.24) is 9.55 Å². The number of rotatable bonds is 6. The Hall–Kier alpha value is -1.61. The van der Waals surface area contributed by atoms with Gasteiger partial charge in [0.25, 0.3) is 0 Å². The lowest BCUT2D eigenvalue weighted by Gasteiger charge is -2.16. The van der Waals surface area contributed by atoms with Crippen LogP contribution < -0.4 is 5.73 Å². The lowest BCUT2D eigenvalue weighted by Crippen LogP contribution is -2.13. The molecule has 96 valence electrons. The second-order valence-electron chi connectivity index (χ2n) is 4.63. The molecule has 2 N–H and O–H groups in total. The molecule has 18 heavy (non-hydrogen) atoms. The Morgan fingerprint density at radius 2 is 2.11 bits per heavy atom. The largest absolute Gasteiger partial charge is 0.324 e. The van der Waals surface area contributed by atoms with Gasteiger partial charge in [0.05, 0.1) is 12.0 Å². The lowest BCUT2D eigenvalue weighted by atomic mass is 9.99. The third-order valence-electron chi connectivity index (χ3n) is 3.24. The Morgan fingerprint density at radius 1 is 1.28 bits per heavy atom. The van der Waals surface area contributed by atoms with Crippen molar-refractivity contribution in [1.29, 1.82) is 0 Å². The molecule has 0 aliphatic heterocycles. The minimum atomic E-state index is 0.107. The van der Waals surface area contributed by atoms with Gasteiger partial charge in [0, 0.05) is 18.4 Å². The van der Waals surface area contributed by atoms with Gasteiger partial charge in [-0.1, -0.05) is 44.4 Å². The molecule has 3 heteroatoms. The fourth-order valence-electron chi connectivity index (χ4n) is 2.21. The van der Waals surface area contributed by atoms with Gasteiger partial charge >= 0.3 is 0 Å². The summed E-state index contributed by atoms with van der Waals surface area (Å²) in [4.78, 5) is 4.10. The minimum Gasteiger partial charge on any atom is -0.324 e. The number of benzene rings is 1. The van der Waals surface area contributed by atoms with E-state index in [1.807, 2.05) is 23.2 Å². The van der Waals surface area contributed by atoms with Crippen molar-refractivity contribution in [3.8, 4) is 5.69 Å². The smallest absolute Gasteiger partial charge is 0.0991 e. The summed E-state index contributed by atoms with van der Waals surface area (Å²) in [6.07, 6.45) is 10.3. The number of para-hydroxylation sites is 1. The molecule has 0 saturated carbocycles. The van der Waals surface area contributed by atoms with Gasteiger partial charge in [-0.3, -0.25) is 0 Å². The van der Waals surface area contributed by atoms with Gasteiger partial charge in [0.15, 0.2) is 0 Å². The van der Waals surface area contributed by atoms with Crippen LogP contribution in [-0.4, -0.2) is 9.55 Å². The monoisotopic (exact) mass is 243 g/mol. The van der Waals surface area contributed by atoms with E-state index in [1.54, 1.807) is 6.20 Å². The Balaban J connectivity index is 2.17. The van der Waals surface area contributed by atoms with Crippen molar-refractivity contribution < 1.29 is 0 Å². The van der Waals surface area contributed by atoms with E-state index in [0.717, 1.165) is 12.1 Å². The first-order valence-corrected chi connectivity index (χ1v) is 6.65. The Morgan fingerprint density at radius 3 is 2.83 bits per heavy atom. The summed E-state index contributed by atoms with van der Waals surface area (Å²) in [5.74, 6) is 0. The number of hydrogen-bond acceptors (Lipinski definition) is 2. The first-order valence-electron chi connectivity index (χ1n) is 6.65. The van der Waals surface area contributed by atoms with Gasteiger partial charge < -0.3 is 10.3 Å². The van der Waals surface area contributed by atoms with Crippen LogP contribution in [0.25, 0.3) is 5.69 Å². The van der Waals surface area contributed by atoms with Gasteiger partial charge in [-0.15, -0.1) is 0 Å². The van der Waals surface area contributed by atoms with Crippen molar-refractivity contribution in [2.75, 3.05) is 0 Å². The third-order valence-corrected chi connectivity index (χ3v) is 3.24. The molecule has 0 saturated heterocycles. The Kier molecular flexibility index (Phi) is 4.53. The molecule has 1 aromatic heterocycles. The highest BCUT2D eigenvalue weighted by molar-refractivity contribution is 5.42. The highest BCUT2D eigenvalue weighted by Crippen LogP contribution is 2.23. The van der Waals surface area contributed by atoms with Crippen LogP contribution in [0.4, 0.5) is 0 Å². The van der Waals surface area contributed by atoms with Crippen LogP contribution in [0.1, 0.15) is 44.2 Å². The predicted molar refractivity (Wildman–Crippen MR) is 74.6 cm³/mol. The standard InChI is InChI=1S/C15H21N3/c1-2-3-4-8-14(16)13-7-5-6-9-15(13)18-11-10-17-12-18/h5-7,9-12,14H,2-4,8,16H2,1H3. The maximum absolute atomic E-state index is 6.31. The van der Waals surface area contributed by atoms with Gasteiger partial charge in [0.1, 0.15) is 0 Å². The number of aromatic nitrogens is 2. The molecule has 3 nitrogen and oxygen atoms in total. The maximum Gasteiger partial charge on any atom is 0.0991 e. The van der Waals surface area contributed by atoms with Gasteiger partial charge in [-0.05, 0) is 18.1 Å². The highest BCUT2D eigenvalue weighted by atomic mass is 15.0. The van der Waals surface area contributed by atoms with Crippen LogP contribution in [0.15, 0.2) is 43.0 Å².